The molecule has 0 aromatic heterocycles. The highest BCUT2D eigenvalue weighted by atomic mass is 32.2. The lowest BCUT2D eigenvalue weighted by Crippen LogP contribution is -2.20. The Morgan fingerprint density at radius 1 is 0.500 bits per heavy atom. The summed E-state index contributed by atoms with van der Waals surface area (Å²) in [7, 11) is -4.84. The predicted molar refractivity (Wildman–Crippen MR) is 294 cm³/mol. The summed E-state index contributed by atoms with van der Waals surface area (Å²) < 4.78 is 61.3. The van der Waals surface area contributed by atoms with Crippen LogP contribution in [0.25, 0.3) is 21.5 Å². The molecule has 0 aliphatic heterocycles. The largest absolute Gasteiger partial charge is 0.505 e. The number of anilines is 2. The van der Waals surface area contributed by atoms with Gasteiger partial charge in [-0.3, -0.25) is 18.3 Å². The molecule has 1 aliphatic rings. The molecule has 0 fully saturated rings. The van der Waals surface area contributed by atoms with Crippen molar-refractivity contribution >= 4 is 98.8 Å². The fraction of sp³-hybridized carbons (Fsp3) is 0.148. The van der Waals surface area contributed by atoms with Gasteiger partial charge in [-0.1, -0.05) is 113 Å². The van der Waals surface area contributed by atoms with Crippen molar-refractivity contribution in [1.82, 2.24) is 0 Å². The molecular formula is C54H54N10O10S2. The lowest BCUT2D eigenvalue weighted by molar-refractivity contribution is 0.0979. The van der Waals surface area contributed by atoms with Gasteiger partial charge in [0.25, 0.3) is 20.2 Å². The maximum absolute atomic E-state index is 12.3. The second-order valence-corrected chi connectivity index (χ2v) is 18.4. The maximum atomic E-state index is 12.3. The molecule has 9 rings (SSSR count). The van der Waals surface area contributed by atoms with E-state index in [4.69, 9.17) is 11.5 Å². The molecular weight excluding hydrogens is 1010 g/mol. The van der Waals surface area contributed by atoms with Crippen LogP contribution in [0.3, 0.4) is 0 Å². The first kappa shape index (κ1) is 57.9. The van der Waals surface area contributed by atoms with E-state index in [0.29, 0.717) is 50.4 Å². The van der Waals surface area contributed by atoms with Crippen LogP contribution in [0.5, 0.6) is 11.5 Å². The summed E-state index contributed by atoms with van der Waals surface area (Å²) in [5.41, 5.74) is 16.1. The van der Waals surface area contributed by atoms with Crippen LogP contribution in [0.2, 0.25) is 0 Å². The number of nitrogens with zero attached hydrogens (tertiary/aromatic N) is 8. The van der Waals surface area contributed by atoms with Gasteiger partial charge < -0.3 is 21.7 Å². The molecule has 22 heteroatoms. The van der Waals surface area contributed by atoms with Crippen LogP contribution in [-0.2, 0) is 30.2 Å². The zero-order valence-electron chi connectivity index (χ0n) is 42.3. The van der Waals surface area contributed by atoms with Crippen molar-refractivity contribution in [2.45, 2.75) is 38.3 Å². The molecule has 8 aromatic rings. The fourth-order valence-corrected chi connectivity index (χ4v) is 8.88. The van der Waals surface area contributed by atoms with E-state index in [1.165, 1.54) is 26.2 Å². The van der Waals surface area contributed by atoms with Crippen molar-refractivity contribution in [3.63, 3.8) is 0 Å². The molecule has 7 N–H and O–H groups in total. The normalized spacial score (nSPS) is 12.1. The number of hydrogen-bond donors (Lipinski definition) is 5. The summed E-state index contributed by atoms with van der Waals surface area (Å²) >= 11 is 0. The summed E-state index contributed by atoms with van der Waals surface area (Å²) in [6.07, 6.45) is 0. The van der Waals surface area contributed by atoms with E-state index in [9.17, 15) is 41.2 Å². The average molecular weight is 1070 g/mol. The number of phenolic OH excluding ortho intramolecular Hbond substituents is 2. The summed E-state index contributed by atoms with van der Waals surface area (Å²) in [6.45, 7) is 8.00. The van der Waals surface area contributed by atoms with Crippen molar-refractivity contribution < 1.29 is 45.4 Å². The molecule has 0 radical (unpaired) electrons. The molecule has 392 valence electrons. The number of azo groups is 4. The van der Waals surface area contributed by atoms with Gasteiger partial charge in [0.2, 0.25) is 0 Å². The van der Waals surface area contributed by atoms with E-state index >= 15 is 0 Å². The second kappa shape index (κ2) is 26.3. The van der Waals surface area contributed by atoms with Gasteiger partial charge in [0, 0.05) is 64.1 Å². The van der Waals surface area contributed by atoms with Crippen LogP contribution in [0.15, 0.2) is 191 Å². The zero-order chi connectivity index (χ0) is 55.7. The van der Waals surface area contributed by atoms with Gasteiger partial charge >= 0.3 is 0 Å². The second-order valence-electron chi connectivity index (χ2n) is 15.3. The molecule has 8 aromatic carbocycles. The van der Waals surface area contributed by atoms with Gasteiger partial charge in [-0.15, -0.1) is 10.2 Å². The number of benzene rings is 8. The molecule has 20 nitrogen and oxygen atoms in total. The molecule has 0 atom stereocenters. The first-order valence-electron chi connectivity index (χ1n) is 23.2. The van der Waals surface area contributed by atoms with Crippen LogP contribution in [0.1, 0.15) is 65.1 Å². The Bertz CT molecular complexity index is 3660. The summed E-state index contributed by atoms with van der Waals surface area (Å²) in [6, 6.07) is 40.9. The van der Waals surface area contributed by atoms with E-state index in [1.807, 2.05) is 64.1 Å². The number of nitrogens with two attached hydrogens (primary N) is 2. The van der Waals surface area contributed by atoms with Crippen LogP contribution in [0, 0.1) is 0 Å². The number of ketones is 2. The molecule has 0 amide bonds. The highest BCUT2D eigenvalue weighted by molar-refractivity contribution is 7.87. The topological polar surface area (TPSA) is 323 Å². The Balaban J connectivity index is 0.000000210. The minimum atomic E-state index is -4.38. The van der Waals surface area contributed by atoms with Crippen molar-refractivity contribution in [2.24, 2.45) is 40.9 Å². The number of phenols is 2. The zero-order valence-corrected chi connectivity index (χ0v) is 43.9. The van der Waals surface area contributed by atoms with E-state index in [-0.39, 0.29) is 66.7 Å². The van der Waals surface area contributed by atoms with E-state index in [2.05, 4.69) is 45.1 Å². The summed E-state index contributed by atoms with van der Waals surface area (Å²) in [5.74, 6) is -1.67. The van der Waals surface area contributed by atoms with E-state index in [1.54, 1.807) is 97.1 Å². The molecule has 0 spiro atoms. The molecule has 76 heavy (non-hydrogen) atoms. The highest BCUT2D eigenvalue weighted by Gasteiger charge is 2.29. The van der Waals surface area contributed by atoms with Crippen molar-refractivity contribution in [2.75, 3.05) is 32.7 Å². The third-order valence-corrected chi connectivity index (χ3v) is 12.6. The lowest BCUT2D eigenvalue weighted by atomic mass is 9.84. The van der Waals surface area contributed by atoms with Crippen molar-refractivity contribution in [1.29, 1.82) is 0 Å². The number of nitrogen functional groups attached to an aromatic ring is 2. The van der Waals surface area contributed by atoms with Gasteiger partial charge in [0.05, 0.1) is 40.6 Å². The summed E-state index contributed by atoms with van der Waals surface area (Å²) in [4.78, 5) is 23.8. The van der Waals surface area contributed by atoms with Gasteiger partial charge in [-0.05, 0) is 60.7 Å². The first-order chi connectivity index (χ1) is 36.5. The van der Waals surface area contributed by atoms with Gasteiger partial charge in [0.1, 0.15) is 22.0 Å². The molecule has 0 bridgehead atoms. The molecule has 0 heterocycles. The molecule has 0 saturated carbocycles. The Morgan fingerprint density at radius 2 is 0.868 bits per heavy atom. The quantitative estimate of drug-likeness (QED) is 0.0369. The van der Waals surface area contributed by atoms with E-state index < -0.39 is 31.7 Å². The number of aromatic hydroxyl groups is 2. The minimum absolute atomic E-state index is 0.0554. The lowest BCUT2D eigenvalue weighted by Gasteiger charge is -2.16. The maximum Gasteiger partial charge on any atom is 0.299 e. The third-order valence-electron chi connectivity index (χ3n) is 10.7. The number of hydrogen-bond acceptors (Lipinski definition) is 19. The van der Waals surface area contributed by atoms with Crippen LogP contribution >= 0.6 is 0 Å². The Morgan fingerprint density at radius 3 is 1.25 bits per heavy atom. The first-order valence-corrected chi connectivity index (χ1v) is 26.2. The SMILES string of the molecule is CC.CC.CN=Nc1c(CS(=O)(=O)O)cc2c(N=Nc3ccccc3)ccc(N)c2c1O.CN=Nc1c(S(=O)(=O)OC)cc2c(N=Nc3ccccc3)ccc(N)c2c1O.O=C1c2ccccc2C(=O)c2ccccc21. The van der Waals surface area contributed by atoms with Crippen LogP contribution < -0.4 is 11.5 Å². The standard InChI is InChI=1S/2C18H17N5O4S.C14H8O2.2C2H6/c1-20-23-17-15(28(25,26)27-2)10-12-14(9-8-13(19)16(12)18(17)24)22-21-11-6-4-3-5-7-11;1-20-23-17-11(10-28(25,26)27)9-13-15(8-7-14(19)16(13)18(17)24)22-21-12-5-3-2-4-6-12;15-13-9-5-1-2-6-10(9)14(16)12-8-4-3-7-11(12)13;2*1-2/h3-10,24H,19H2,1-2H3;2-9,24H,10,19H2,1H3,(H,25,26,27);1-8H;2*1-2H3. The Kier molecular flexibility index (Phi) is 20.1. The summed E-state index contributed by atoms with van der Waals surface area (Å²) in [5, 5.41) is 53.8. The minimum Gasteiger partial charge on any atom is -0.505 e. The predicted octanol–water partition coefficient (Wildman–Crippen LogP) is 13.8. The van der Waals surface area contributed by atoms with Crippen LogP contribution in [-0.4, -0.2) is 64.4 Å². The number of carbonyl (C=O) groups is 2. The number of carbonyl (C=O) groups excluding carboxylic acids is 2. The number of fused-ring (bicyclic) bond motifs is 4. The Labute approximate surface area is 439 Å². The Hall–Kier alpha value is -8.96. The number of rotatable bonds is 10. The fourth-order valence-electron chi connectivity index (χ4n) is 7.45. The molecule has 1 aliphatic carbocycles. The highest BCUT2D eigenvalue weighted by Crippen LogP contribution is 2.47. The van der Waals surface area contributed by atoms with Gasteiger partial charge in [0.15, 0.2) is 23.1 Å². The van der Waals surface area contributed by atoms with Crippen molar-refractivity contribution in [3.05, 3.63) is 173 Å². The van der Waals surface area contributed by atoms with Gasteiger partial charge in [-0.2, -0.15) is 47.5 Å². The van der Waals surface area contributed by atoms with Crippen LogP contribution in [0.4, 0.5) is 45.5 Å². The monoisotopic (exact) mass is 1070 g/mol. The molecule has 0 saturated heterocycles. The van der Waals surface area contributed by atoms with Crippen molar-refractivity contribution in [3.8, 4) is 11.5 Å². The van der Waals surface area contributed by atoms with E-state index in [0.717, 1.165) is 7.11 Å². The average Bonchev–Trinajstić information content (AvgIpc) is 3.43. The third kappa shape index (κ3) is 13.4. The smallest absolute Gasteiger partial charge is 0.299 e. The van der Waals surface area contributed by atoms with Gasteiger partial charge in [-0.25, -0.2) is 0 Å². The molecule has 0 unspecified atom stereocenters.